The molecule has 84 valence electrons. The number of hydrogen-bond acceptors (Lipinski definition) is 5. The number of anilines is 1. The third-order valence-corrected chi connectivity index (χ3v) is 2.88. The standard InChI is InChI=1S/C9H11BrN6/c1-4-5(2)13-9(11)6(12-4)7-8(10)14-15-16(7)3/h1-3H3,(H2,11,13). The van der Waals surface area contributed by atoms with Crippen molar-refractivity contribution < 1.29 is 0 Å². The summed E-state index contributed by atoms with van der Waals surface area (Å²) in [7, 11) is 1.78. The van der Waals surface area contributed by atoms with E-state index >= 15 is 0 Å². The third kappa shape index (κ3) is 1.67. The van der Waals surface area contributed by atoms with Crippen LogP contribution in [0.4, 0.5) is 5.82 Å². The van der Waals surface area contributed by atoms with Gasteiger partial charge in [-0.1, -0.05) is 5.21 Å². The molecule has 2 N–H and O–H groups in total. The quantitative estimate of drug-likeness (QED) is 0.851. The molecule has 0 bridgehead atoms. The molecule has 0 atom stereocenters. The fraction of sp³-hybridized carbons (Fsp3) is 0.333. The summed E-state index contributed by atoms with van der Waals surface area (Å²) in [5, 5.41) is 7.77. The average Bonchev–Trinajstić information content (AvgIpc) is 2.53. The number of rotatable bonds is 1. The summed E-state index contributed by atoms with van der Waals surface area (Å²) in [5.74, 6) is 0.384. The van der Waals surface area contributed by atoms with Gasteiger partial charge in [0.05, 0.1) is 11.4 Å². The molecular formula is C9H11BrN6. The van der Waals surface area contributed by atoms with Crippen molar-refractivity contribution in [1.29, 1.82) is 0 Å². The number of hydrogen-bond donors (Lipinski definition) is 1. The summed E-state index contributed by atoms with van der Waals surface area (Å²) in [6.07, 6.45) is 0. The first-order chi connectivity index (χ1) is 7.50. The van der Waals surface area contributed by atoms with Crippen LogP contribution in [0.1, 0.15) is 11.4 Å². The van der Waals surface area contributed by atoms with Crippen molar-refractivity contribution in [2.75, 3.05) is 5.73 Å². The molecule has 0 aromatic carbocycles. The highest BCUT2D eigenvalue weighted by Gasteiger charge is 2.16. The maximum atomic E-state index is 5.86. The Morgan fingerprint density at radius 2 is 1.81 bits per heavy atom. The summed E-state index contributed by atoms with van der Waals surface area (Å²) in [6, 6.07) is 0. The van der Waals surface area contributed by atoms with Crippen LogP contribution in [0.15, 0.2) is 4.60 Å². The van der Waals surface area contributed by atoms with E-state index < -0.39 is 0 Å². The molecule has 7 heteroatoms. The largest absolute Gasteiger partial charge is 0.382 e. The first-order valence-corrected chi connectivity index (χ1v) is 5.46. The highest BCUT2D eigenvalue weighted by Crippen LogP contribution is 2.27. The lowest BCUT2D eigenvalue weighted by atomic mass is 10.2. The van der Waals surface area contributed by atoms with Crippen molar-refractivity contribution >= 4 is 21.7 Å². The molecule has 2 rings (SSSR count). The Morgan fingerprint density at radius 3 is 2.38 bits per heavy atom. The van der Waals surface area contributed by atoms with E-state index in [2.05, 4.69) is 36.2 Å². The molecule has 0 aliphatic rings. The van der Waals surface area contributed by atoms with Crippen molar-refractivity contribution in [2.45, 2.75) is 13.8 Å². The van der Waals surface area contributed by atoms with Gasteiger partial charge in [-0.15, -0.1) is 5.10 Å². The van der Waals surface area contributed by atoms with Crippen LogP contribution < -0.4 is 5.73 Å². The molecule has 0 unspecified atom stereocenters. The highest BCUT2D eigenvalue weighted by molar-refractivity contribution is 9.10. The lowest BCUT2D eigenvalue weighted by molar-refractivity contribution is 0.718. The van der Waals surface area contributed by atoms with E-state index in [1.807, 2.05) is 13.8 Å². The minimum Gasteiger partial charge on any atom is -0.382 e. The highest BCUT2D eigenvalue weighted by atomic mass is 79.9. The molecule has 2 aromatic heterocycles. The van der Waals surface area contributed by atoms with Crippen molar-refractivity contribution in [2.24, 2.45) is 7.05 Å². The van der Waals surface area contributed by atoms with E-state index in [9.17, 15) is 0 Å². The number of aromatic nitrogens is 5. The Morgan fingerprint density at radius 1 is 1.19 bits per heavy atom. The van der Waals surface area contributed by atoms with E-state index in [0.717, 1.165) is 17.1 Å². The van der Waals surface area contributed by atoms with Gasteiger partial charge in [-0.2, -0.15) is 0 Å². The maximum absolute atomic E-state index is 5.86. The van der Waals surface area contributed by atoms with Crippen molar-refractivity contribution in [3.05, 3.63) is 16.0 Å². The van der Waals surface area contributed by atoms with Gasteiger partial charge >= 0.3 is 0 Å². The smallest absolute Gasteiger partial charge is 0.158 e. The topological polar surface area (TPSA) is 82.5 Å². The Kier molecular flexibility index (Phi) is 2.63. The van der Waals surface area contributed by atoms with Gasteiger partial charge in [-0.05, 0) is 29.8 Å². The molecule has 16 heavy (non-hydrogen) atoms. The van der Waals surface area contributed by atoms with Gasteiger partial charge < -0.3 is 5.73 Å². The molecule has 0 spiro atoms. The van der Waals surface area contributed by atoms with Gasteiger partial charge in [0.2, 0.25) is 0 Å². The lowest BCUT2D eigenvalue weighted by Gasteiger charge is -2.07. The molecule has 0 saturated carbocycles. The van der Waals surface area contributed by atoms with E-state index in [1.165, 1.54) is 0 Å². The molecule has 2 aromatic rings. The van der Waals surface area contributed by atoms with Gasteiger partial charge in [0.1, 0.15) is 11.4 Å². The van der Waals surface area contributed by atoms with Gasteiger partial charge in [0.25, 0.3) is 0 Å². The van der Waals surface area contributed by atoms with Gasteiger partial charge in [-0.25, -0.2) is 14.6 Å². The normalized spacial score (nSPS) is 10.8. The minimum absolute atomic E-state index is 0.384. The van der Waals surface area contributed by atoms with E-state index in [-0.39, 0.29) is 0 Å². The van der Waals surface area contributed by atoms with Crippen LogP contribution in [-0.4, -0.2) is 25.0 Å². The Hall–Kier alpha value is -1.50. The summed E-state index contributed by atoms with van der Waals surface area (Å²) in [5.41, 5.74) is 8.86. The lowest BCUT2D eigenvalue weighted by Crippen LogP contribution is -2.05. The zero-order valence-corrected chi connectivity index (χ0v) is 10.8. The molecule has 0 aliphatic heterocycles. The average molecular weight is 283 g/mol. The minimum atomic E-state index is 0.384. The SMILES string of the molecule is Cc1nc(N)c(-c2c(Br)nnn2C)nc1C. The number of nitrogens with zero attached hydrogens (tertiary/aromatic N) is 5. The monoisotopic (exact) mass is 282 g/mol. The number of nitrogen functional groups attached to an aromatic ring is 1. The predicted octanol–water partition coefficient (Wildman–Crippen LogP) is 1.23. The zero-order valence-electron chi connectivity index (χ0n) is 9.19. The van der Waals surface area contributed by atoms with Crippen molar-refractivity contribution in [1.82, 2.24) is 25.0 Å². The van der Waals surface area contributed by atoms with Gasteiger partial charge in [-0.3, -0.25) is 0 Å². The summed E-state index contributed by atoms with van der Waals surface area (Å²) < 4.78 is 2.22. The summed E-state index contributed by atoms with van der Waals surface area (Å²) in [6.45, 7) is 3.77. The second-order valence-corrected chi connectivity index (χ2v) is 4.23. The van der Waals surface area contributed by atoms with Crippen LogP contribution in [0.2, 0.25) is 0 Å². The van der Waals surface area contributed by atoms with Crippen LogP contribution in [0.25, 0.3) is 11.4 Å². The molecule has 0 aliphatic carbocycles. The Bertz CT molecular complexity index is 528. The molecule has 0 fully saturated rings. The molecular weight excluding hydrogens is 272 g/mol. The van der Waals surface area contributed by atoms with Crippen LogP contribution in [-0.2, 0) is 7.05 Å². The van der Waals surface area contributed by atoms with Crippen molar-refractivity contribution in [3.8, 4) is 11.4 Å². The fourth-order valence-corrected chi connectivity index (χ4v) is 1.89. The van der Waals surface area contributed by atoms with Crippen LogP contribution in [0.5, 0.6) is 0 Å². The molecule has 0 amide bonds. The number of aryl methyl sites for hydroxylation is 3. The molecule has 0 saturated heterocycles. The second-order valence-electron chi connectivity index (χ2n) is 3.48. The predicted molar refractivity (Wildman–Crippen MR) is 63.6 cm³/mol. The summed E-state index contributed by atoms with van der Waals surface area (Å²) in [4.78, 5) is 8.65. The van der Waals surface area contributed by atoms with Gasteiger partial charge in [0.15, 0.2) is 10.4 Å². The first kappa shape index (κ1) is 11.0. The molecule has 0 radical (unpaired) electrons. The van der Waals surface area contributed by atoms with Crippen LogP contribution in [0.3, 0.4) is 0 Å². The third-order valence-electron chi connectivity index (χ3n) is 2.34. The van der Waals surface area contributed by atoms with E-state index in [4.69, 9.17) is 5.73 Å². The van der Waals surface area contributed by atoms with Crippen LogP contribution in [0, 0.1) is 13.8 Å². The first-order valence-electron chi connectivity index (χ1n) is 4.67. The van der Waals surface area contributed by atoms with Crippen LogP contribution >= 0.6 is 15.9 Å². The fourth-order valence-electron chi connectivity index (χ4n) is 1.38. The van der Waals surface area contributed by atoms with Gasteiger partial charge in [0, 0.05) is 7.05 Å². The number of halogens is 1. The Labute approximate surface area is 101 Å². The van der Waals surface area contributed by atoms with E-state index in [1.54, 1.807) is 11.7 Å². The molecule has 2 heterocycles. The summed E-state index contributed by atoms with van der Waals surface area (Å²) >= 11 is 3.31. The van der Waals surface area contributed by atoms with Crippen molar-refractivity contribution in [3.63, 3.8) is 0 Å². The number of nitrogens with two attached hydrogens (primary N) is 1. The van der Waals surface area contributed by atoms with E-state index in [0.29, 0.717) is 16.1 Å². The molecule has 6 nitrogen and oxygen atoms in total. The zero-order chi connectivity index (χ0) is 11.9. The maximum Gasteiger partial charge on any atom is 0.158 e. The second kappa shape index (κ2) is 3.82. The Balaban J connectivity index is 2.69.